The second-order valence-corrected chi connectivity index (χ2v) is 8.41. The molecule has 132 valence electrons. The van der Waals surface area contributed by atoms with Crippen molar-refractivity contribution in [2.75, 3.05) is 5.32 Å². The minimum Gasteiger partial charge on any atom is -0.421 e. The third kappa shape index (κ3) is 4.93. The number of nitrogens with one attached hydrogen (secondary N) is 1. The number of hydrogen-bond donors (Lipinski definition) is 1. The second kappa shape index (κ2) is 8.47. The van der Waals surface area contributed by atoms with Crippen LogP contribution in [-0.4, -0.2) is 11.9 Å². The van der Waals surface area contributed by atoms with Gasteiger partial charge in [0.05, 0.1) is 6.42 Å². The molecule has 1 aliphatic rings. The third-order valence-electron chi connectivity index (χ3n) is 3.80. The SMILES string of the molecule is O=C(Cc1ccccc1)Nc1ccc(CC2=CC(=O)OC2=C(Br)Br)cc1. The Labute approximate surface area is 168 Å². The number of anilines is 1. The molecule has 0 saturated carbocycles. The highest BCUT2D eigenvalue weighted by Crippen LogP contribution is 2.32. The first kappa shape index (κ1) is 18.6. The number of halogens is 2. The summed E-state index contributed by atoms with van der Waals surface area (Å²) in [6.45, 7) is 0. The minimum absolute atomic E-state index is 0.0603. The zero-order valence-electron chi connectivity index (χ0n) is 13.7. The fourth-order valence-electron chi connectivity index (χ4n) is 2.61. The average molecular weight is 477 g/mol. The topological polar surface area (TPSA) is 55.4 Å². The minimum atomic E-state index is -0.379. The Bertz CT molecular complexity index is 883. The van der Waals surface area contributed by atoms with Gasteiger partial charge in [-0.05, 0) is 55.1 Å². The Morgan fingerprint density at radius 3 is 2.31 bits per heavy atom. The molecule has 4 nitrogen and oxygen atoms in total. The number of ether oxygens (including phenoxy) is 1. The highest BCUT2D eigenvalue weighted by Gasteiger charge is 2.22. The van der Waals surface area contributed by atoms with Crippen LogP contribution in [0.2, 0.25) is 0 Å². The molecule has 1 amide bonds. The maximum atomic E-state index is 12.1. The lowest BCUT2D eigenvalue weighted by molar-refractivity contribution is -0.132. The van der Waals surface area contributed by atoms with Gasteiger partial charge in [0.15, 0.2) is 5.76 Å². The van der Waals surface area contributed by atoms with E-state index in [1.807, 2.05) is 54.6 Å². The molecule has 0 spiro atoms. The highest BCUT2D eigenvalue weighted by molar-refractivity contribution is 9.28. The van der Waals surface area contributed by atoms with Crippen LogP contribution in [0.15, 0.2) is 75.4 Å². The van der Waals surface area contributed by atoms with Gasteiger partial charge in [0.2, 0.25) is 5.91 Å². The molecule has 3 rings (SSSR count). The molecule has 0 saturated heterocycles. The van der Waals surface area contributed by atoms with Gasteiger partial charge in [-0.2, -0.15) is 0 Å². The maximum absolute atomic E-state index is 12.1. The summed E-state index contributed by atoms with van der Waals surface area (Å²) in [5.74, 6) is 0.0568. The van der Waals surface area contributed by atoms with Gasteiger partial charge in [-0.1, -0.05) is 42.5 Å². The molecule has 0 aromatic heterocycles. The Balaban J connectivity index is 1.62. The first-order valence-corrected chi connectivity index (χ1v) is 9.50. The first-order valence-electron chi connectivity index (χ1n) is 7.92. The van der Waals surface area contributed by atoms with E-state index in [9.17, 15) is 9.59 Å². The zero-order valence-corrected chi connectivity index (χ0v) is 16.8. The van der Waals surface area contributed by atoms with Crippen molar-refractivity contribution in [2.24, 2.45) is 0 Å². The van der Waals surface area contributed by atoms with Gasteiger partial charge < -0.3 is 10.1 Å². The molecule has 0 radical (unpaired) electrons. The van der Waals surface area contributed by atoms with Crippen molar-refractivity contribution in [2.45, 2.75) is 12.8 Å². The molecule has 0 atom stereocenters. The van der Waals surface area contributed by atoms with Gasteiger partial charge in [-0.15, -0.1) is 0 Å². The molecule has 1 aliphatic heterocycles. The number of carbonyl (C=O) groups excluding carboxylic acids is 2. The van der Waals surface area contributed by atoms with Crippen LogP contribution in [0.5, 0.6) is 0 Å². The zero-order chi connectivity index (χ0) is 18.5. The normalized spacial score (nSPS) is 13.2. The third-order valence-corrected chi connectivity index (χ3v) is 4.52. The van der Waals surface area contributed by atoms with Crippen LogP contribution in [0.1, 0.15) is 11.1 Å². The number of carbonyl (C=O) groups is 2. The van der Waals surface area contributed by atoms with E-state index >= 15 is 0 Å². The number of allylic oxidation sites excluding steroid dienone is 1. The summed E-state index contributed by atoms with van der Waals surface area (Å²) >= 11 is 6.56. The summed E-state index contributed by atoms with van der Waals surface area (Å²) < 4.78 is 5.74. The van der Waals surface area contributed by atoms with Gasteiger partial charge in [-0.25, -0.2) is 4.79 Å². The van der Waals surface area contributed by atoms with E-state index in [1.54, 1.807) is 0 Å². The van der Waals surface area contributed by atoms with Crippen molar-refractivity contribution in [1.29, 1.82) is 0 Å². The number of benzene rings is 2. The highest BCUT2D eigenvalue weighted by atomic mass is 79.9. The van der Waals surface area contributed by atoms with Gasteiger partial charge in [-0.3, -0.25) is 4.79 Å². The number of rotatable bonds is 5. The number of amides is 1. The molecular formula is C20H15Br2NO3. The maximum Gasteiger partial charge on any atom is 0.336 e. The van der Waals surface area contributed by atoms with Crippen LogP contribution in [0.4, 0.5) is 5.69 Å². The van der Waals surface area contributed by atoms with Crippen molar-refractivity contribution >= 4 is 49.4 Å². The molecule has 1 heterocycles. The fourth-order valence-corrected chi connectivity index (χ4v) is 3.28. The smallest absolute Gasteiger partial charge is 0.336 e. The Morgan fingerprint density at radius 2 is 1.65 bits per heavy atom. The molecular weight excluding hydrogens is 462 g/mol. The number of esters is 1. The first-order chi connectivity index (χ1) is 12.5. The van der Waals surface area contributed by atoms with Gasteiger partial charge in [0, 0.05) is 23.8 Å². The Kier molecular flexibility index (Phi) is 6.06. The molecule has 0 aliphatic carbocycles. The lowest BCUT2D eigenvalue weighted by Gasteiger charge is -2.08. The Morgan fingerprint density at radius 1 is 0.962 bits per heavy atom. The monoisotopic (exact) mass is 475 g/mol. The van der Waals surface area contributed by atoms with Gasteiger partial charge >= 0.3 is 5.97 Å². The standard InChI is InChI=1S/C20H15Br2NO3/c21-20(22)19-15(12-18(25)26-19)10-14-6-8-16(9-7-14)23-17(24)11-13-4-2-1-3-5-13/h1-9,12H,10-11H2,(H,23,24). The van der Waals surface area contributed by atoms with E-state index in [1.165, 1.54) is 6.08 Å². The van der Waals surface area contributed by atoms with Crippen molar-refractivity contribution in [1.82, 2.24) is 0 Å². The molecule has 0 bridgehead atoms. The second-order valence-electron chi connectivity index (χ2n) is 5.76. The lowest BCUT2D eigenvalue weighted by Crippen LogP contribution is -2.14. The fraction of sp³-hybridized carbons (Fsp3) is 0.100. The predicted octanol–water partition coefficient (Wildman–Crippen LogP) is 4.85. The summed E-state index contributed by atoms with van der Waals surface area (Å²) in [7, 11) is 0. The van der Waals surface area contributed by atoms with E-state index in [4.69, 9.17) is 4.74 Å². The van der Waals surface area contributed by atoms with Crippen LogP contribution in [0, 0.1) is 0 Å². The summed E-state index contributed by atoms with van der Waals surface area (Å²) in [6.07, 6.45) is 2.37. The summed E-state index contributed by atoms with van der Waals surface area (Å²) in [6, 6.07) is 17.1. The molecule has 6 heteroatoms. The van der Waals surface area contributed by atoms with Crippen LogP contribution in [-0.2, 0) is 27.2 Å². The number of hydrogen-bond acceptors (Lipinski definition) is 3. The van der Waals surface area contributed by atoms with Gasteiger partial charge in [0.25, 0.3) is 0 Å². The predicted molar refractivity (Wildman–Crippen MR) is 108 cm³/mol. The number of cyclic esters (lactones) is 1. The molecule has 26 heavy (non-hydrogen) atoms. The Hall–Kier alpha value is -2.18. The molecule has 0 unspecified atom stereocenters. The largest absolute Gasteiger partial charge is 0.421 e. The van der Waals surface area contributed by atoms with E-state index in [0.29, 0.717) is 22.0 Å². The van der Waals surface area contributed by atoms with Crippen LogP contribution < -0.4 is 5.32 Å². The van der Waals surface area contributed by atoms with Crippen molar-refractivity contribution in [3.8, 4) is 0 Å². The molecule has 2 aromatic carbocycles. The van der Waals surface area contributed by atoms with Crippen molar-refractivity contribution in [3.05, 3.63) is 86.5 Å². The molecule has 0 fully saturated rings. The summed E-state index contributed by atoms with van der Waals surface area (Å²) in [4.78, 5) is 23.6. The van der Waals surface area contributed by atoms with E-state index in [0.717, 1.165) is 22.4 Å². The van der Waals surface area contributed by atoms with Crippen LogP contribution in [0.3, 0.4) is 0 Å². The summed E-state index contributed by atoms with van der Waals surface area (Å²) in [5, 5.41) is 2.89. The molecule has 2 aromatic rings. The average Bonchev–Trinajstić information content (AvgIpc) is 2.98. The van der Waals surface area contributed by atoms with Gasteiger partial charge in [0.1, 0.15) is 3.39 Å². The summed E-state index contributed by atoms with van der Waals surface area (Å²) in [5.41, 5.74) is 3.51. The lowest BCUT2D eigenvalue weighted by atomic mass is 10.0. The quantitative estimate of drug-likeness (QED) is 0.627. The van der Waals surface area contributed by atoms with Crippen LogP contribution >= 0.6 is 31.9 Å². The van der Waals surface area contributed by atoms with Crippen LogP contribution in [0.25, 0.3) is 0 Å². The van der Waals surface area contributed by atoms with E-state index < -0.39 is 0 Å². The van der Waals surface area contributed by atoms with E-state index in [-0.39, 0.29) is 11.9 Å². The van der Waals surface area contributed by atoms with Crippen molar-refractivity contribution in [3.63, 3.8) is 0 Å². The van der Waals surface area contributed by atoms with Crippen molar-refractivity contribution < 1.29 is 14.3 Å². The van der Waals surface area contributed by atoms with E-state index in [2.05, 4.69) is 37.2 Å². The molecule has 1 N–H and O–H groups in total.